The summed E-state index contributed by atoms with van der Waals surface area (Å²) in [6, 6.07) is 26.0. The predicted molar refractivity (Wildman–Crippen MR) is 99.5 cm³/mol. The van der Waals surface area contributed by atoms with E-state index in [9.17, 15) is 0 Å². The number of benzene rings is 3. The molecular formula is C22H21N. The molecule has 23 heavy (non-hydrogen) atoms. The van der Waals surface area contributed by atoms with Crippen LogP contribution in [0.3, 0.4) is 0 Å². The second kappa shape index (κ2) is 4.99. The molecular weight excluding hydrogens is 278 g/mol. The molecule has 4 rings (SSSR count). The topological polar surface area (TPSA) is 4.93 Å². The van der Waals surface area contributed by atoms with Crippen molar-refractivity contribution in [3.8, 4) is 5.69 Å². The van der Waals surface area contributed by atoms with E-state index in [1.165, 1.54) is 33.1 Å². The van der Waals surface area contributed by atoms with E-state index in [-0.39, 0.29) is 5.41 Å². The zero-order valence-electron chi connectivity index (χ0n) is 13.9. The van der Waals surface area contributed by atoms with Crippen LogP contribution in [0.5, 0.6) is 0 Å². The molecule has 1 heteroatoms. The molecule has 0 amide bonds. The SMILES string of the molecule is CC(C)(C)c1cccc2c3ccccc3n(-c3ccccc3)c12. The van der Waals surface area contributed by atoms with E-state index < -0.39 is 0 Å². The molecule has 0 unspecified atom stereocenters. The first-order chi connectivity index (χ1) is 11.1. The number of para-hydroxylation sites is 3. The molecule has 0 radical (unpaired) electrons. The Kier molecular flexibility index (Phi) is 3.05. The number of hydrogen-bond donors (Lipinski definition) is 0. The third-order valence-electron chi connectivity index (χ3n) is 4.52. The summed E-state index contributed by atoms with van der Waals surface area (Å²) in [5, 5.41) is 2.65. The minimum Gasteiger partial charge on any atom is -0.309 e. The number of fused-ring (bicyclic) bond motifs is 3. The van der Waals surface area contributed by atoms with E-state index in [0.29, 0.717) is 0 Å². The number of hydrogen-bond acceptors (Lipinski definition) is 0. The average molecular weight is 299 g/mol. The van der Waals surface area contributed by atoms with Crippen molar-refractivity contribution in [1.82, 2.24) is 4.57 Å². The number of nitrogens with zero attached hydrogens (tertiary/aromatic N) is 1. The molecule has 0 saturated heterocycles. The maximum absolute atomic E-state index is 2.41. The molecule has 0 aliphatic carbocycles. The van der Waals surface area contributed by atoms with Gasteiger partial charge in [0.2, 0.25) is 0 Å². The average Bonchev–Trinajstić information content (AvgIpc) is 2.89. The van der Waals surface area contributed by atoms with Crippen LogP contribution in [0, 0.1) is 0 Å². The molecule has 0 aliphatic heterocycles. The van der Waals surface area contributed by atoms with E-state index in [0.717, 1.165) is 0 Å². The molecule has 0 aliphatic rings. The fourth-order valence-electron chi connectivity index (χ4n) is 3.47. The summed E-state index contributed by atoms with van der Waals surface area (Å²) in [5.74, 6) is 0. The molecule has 1 nitrogen and oxygen atoms in total. The monoisotopic (exact) mass is 299 g/mol. The van der Waals surface area contributed by atoms with Crippen molar-refractivity contribution in [2.24, 2.45) is 0 Å². The van der Waals surface area contributed by atoms with Gasteiger partial charge in [-0.15, -0.1) is 0 Å². The molecule has 0 spiro atoms. The third-order valence-corrected chi connectivity index (χ3v) is 4.52. The summed E-state index contributed by atoms with van der Waals surface area (Å²) >= 11 is 0. The van der Waals surface area contributed by atoms with Gasteiger partial charge in [0.1, 0.15) is 0 Å². The van der Waals surface area contributed by atoms with Crippen LogP contribution in [0.2, 0.25) is 0 Å². The minimum atomic E-state index is 0.0976. The first-order valence-corrected chi connectivity index (χ1v) is 8.15. The quantitative estimate of drug-likeness (QED) is 0.401. The maximum Gasteiger partial charge on any atom is 0.0578 e. The van der Waals surface area contributed by atoms with Gasteiger partial charge < -0.3 is 4.57 Å². The number of rotatable bonds is 1. The van der Waals surface area contributed by atoms with Gasteiger partial charge in [-0.1, -0.05) is 75.4 Å². The van der Waals surface area contributed by atoms with Crippen LogP contribution in [0.1, 0.15) is 26.3 Å². The lowest BCUT2D eigenvalue weighted by atomic mass is 9.85. The second-order valence-electron chi connectivity index (χ2n) is 7.14. The van der Waals surface area contributed by atoms with Gasteiger partial charge in [-0.3, -0.25) is 0 Å². The van der Waals surface area contributed by atoms with Crippen LogP contribution in [0.15, 0.2) is 72.8 Å². The van der Waals surface area contributed by atoms with E-state index in [1.54, 1.807) is 0 Å². The Morgan fingerprint density at radius 3 is 2.04 bits per heavy atom. The summed E-state index contributed by atoms with van der Waals surface area (Å²) in [7, 11) is 0. The fourth-order valence-corrected chi connectivity index (χ4v) is 3.47. The lowest BCUT2D eigenvalue weighted by Crippen LogP contribution is -2.13. The van der Waals surface area contributed by atoms with Crippen molar-refractivity contribution in [2.45, 2.75) is 26.2 Å². The van der Waals surface area contributed by atoms with Crippen molar-refractivity contribution in [2.75, 3.05) is 0 Å². The zero-order chi connectivity index (χ0) is 16.0. The smallest absolute Gasteiger partial charge is 0.0578 e. The van der Waals surface area contributed by atoms with Crippen molar-refractivity contribution in [3.05, 3.63) is 78.4 Å². The van der Waals surface area contributed by atoms with Gasteiger partial charge in [0, 0.05) is 16.5 Å². The van der Waals surface area contributed by atoms with E-state index >= 15 is 0 Å². The van der Waals surface area contributed by atoms with Crippen LogP contribution < -0.4 is 0 Å². The summed E-state index contributed by atoms with van der Waals surface area (Å²) in [6.45, 7) is 6.86. The predicted octanol–water partition coefficient (Wildman–Crippen LogP) is 6.08. The van der Waals surface area contributed by atoms with Crippen LogP contribution >= 0.6 is 0 Å². The van der Waals surface area contributed by atoms with Gasteiger partial charge in [0.25, 0.3) is 0 Å². The minimum absolute atomic E-state index is 0.0976. The molecule has 1 aromatic heterocycles. The third kappa shape index (κ3) is 2.16. The van der Waals surface area contributed by atoms with E-state index in [4.69, 9.17) is 0 Å². The van der Waals surface area contributed by atoms with Gasteiger partial charge >= 0.3 is 0 Å². The largest absolute Gasteiger partial charge is 0.309 e. The van der Waals surface area contributed by atoms with Crippen LogP contribution in [0.25, 0.3) is 27.5 Å². The van der Waals surface area contributed by atoms with Crippen molar-refractivity contribution in [3.63, 3.8) is 0 Å². The summed E-state index contributed by atoms with van der Waals surface area (Å²) in [4.78, 5) is 0. The van der Waals surface area contributed by atoms with Crippen LogP contribution in [-0.4, -0.2) is 4.57 Å². The van der Waals surface area contributed by atoms with Gasteiger partial charge in [-0.25, -0.2) is 0 Å². The Balaban J connectivity index is 2.26. The van der Waals surface area contributed by atoms with Crippen molar-refractivity contribution >= 4 is 21.8 Å². The molecule has 0 bridgehead atoms. The highest BCUT2D eigenvalue weighted by Crippen LogP contribution is 2.37. The Bertz CT molecular complexity index is 985. The van der Waals surface area contributed by atoms with E-state index in [2.05, 4.69) is 98.1 Å². The van der Waals surface area contributed by atoms with Gasteiger partial charge in [-0.05, 0) is 29.2 Å². The van der Waals surface area contributed by atoms with Crippen molar-refractivity contribution < 1.29 is 0 Å². The molecule has 0 fully saturated rings. The molecule has 0 atom stereocenters. The Labute approximate surface area is 137 Å². The molecule has 1 heterocycles. The molecule has 0 saturated carbocycles. The summed E-state index contributed by atoms with van der Waals surface area (Å²) in [5.41, 5.74) is 5.30. The number of aromatic nitrogens is 1. The normalized spacial score (nSPS) is 12.1. The lowest BCUT2D eigenvalue weighted by Gasteiger charge is -2.22. The molecule has 114 valence electrons. The molecule has 4 aromatic rings. The summed E-state index contributed by atoms with van der Waals surface area (Å²) in [6.07, 6.45) is 0. The first kappa shape index (κ1) is 14.1. The highest BCUT2D eigenvalue weighted by atomic mass is 15.0. The first-order valence-electron chi connectivity index (χ1n) is 8.15. The van der Waals surface area contributed by atoms with Gasteiger partial charge in [0.05, 0.1) is 11.0 Å². The standard InChI is InChI=1S/C22H21N/c1-22(2,3)19-14-9-13-18-17-12-7-8-15-20(17)23(21(18)19)16-10-5-4-6-11-16/h4-15H,1-3H3. The lowest BCUT2D eigenvalue weighted by molar-refractivity contribution is 0.594. The fraction of sp³-hybridized carbons (Fsp3) is 0.182. The maximum atomic E-state index is 2.41. The van der Waals surface area contributed by atoms with Crippen LogP contribution in [0.4, 0.5) is 0 Å². The van der Waals surface area contributed by atoms with Crippen molar-refractivity contribution in [1.29, 1.82) is 0 Å². The Morgan fingerprint density at radius 2 is 1.30 bits per heavy atom. The summed E-state index contributed by atoms with van der Waals surface area (Å²) < 4.78 is 2.41. The van der Waals surface area contributed by atoms with Gasteiger partial charge in [0.15, 0.2) is 0 Å². The Hall–Kier alpha value is -2.54. The zero-order valence-corrected chi connectivity index (χ0v) is 13.9. The molecule has 0 N–H and O–H groups in total. The highest BCUT2D eigenvalue weighted by molar-refractivity contribution is 6.10. The Morgan fingerprint density at radius 1 is 0.652 bits per heavy atom. The molecule has 3 aromatic carbocycles. The van der Waals surface area contributed by atoms with Gasteiger partial charge in [-0.2, -0.15) is 0 Å². The second-order valence-corrected chi connectivity index (χ2v) is 7.14. The highest BCUT2D eigenvalue weighted by Gasteiger charge is 2.21. The van der Waals surface area contributed by atoms with Crippen LogP contribution in [-0.2, 0) is 5.41 Å². The van der Waals surface area contributed by atoms with E-state index in [1.807, 2.05) is 0 Å².